The largest absolute Gasteiger partial charge is 0.480 e. The molecule has 204 valence electrons. The molecule has 0 saturated carbocycles. The lowest BCUT2D eigenvalue weighted by atomic mass is 9.91. The number of amides is 3. The van der Waals surface area contributed by atoms with Crippen LogP contribution in [0.25, 0.3) is 0 Å². The van der Waals surface area contributed by atoms with Crippen LogP contribution in [0.3, 0.4) is 0 Å². The third-order valence-corrected chi connectivity index (χ3v) is 7.17. The van der Waals surface area contributed by atoms with Crippen LogP contribution in [0.1, 0.15) is 37.0 Å². The second-order valence-electron chi connectivity index (χ2n) is 9.90. The van der Waals surface area contributed by atoms with E-state index in [2.05, 4.69) is 23.3 Å². The number of carbonyl (C=O) groups excluding carboxylic acids is 3. The number of carboxylic acid groups (broad SMARTS) is 1. The Morgan fingerprint density at radius 3 is 2.26 bits per heavy atom. The maximum absolute atomic E-state index is 13.8. The first-order chi connectivity index (χ1) is 18.1. The van der Waals surface area contributed by atoms with E-state index in [1.807, 2.05) is 54.6 Å². The van der Waals surface area contributed by atoms with Crippen LogP contribution in [0, 0.1) is 5.92 Å². The second-order valence-corrected chi connectivity index (χ2v) is 10.3. The molecule has 3 rings (SSSR count). The fourth-order valence-electron chi connectivity index (χ4n) is 4.51. The number of hydrogen-bond donors (Lipinski definition) is 5. The molecule has 5 N–H and O–H groups in total. The van der Waals surface area contributed by atoms with Gasteiger partial charge in [-0.15, -0.1) is 0 Å². The van der Waals surface area contributed by atoms with Crippen LogP contribution in [-0.4, -0.2) is 63.6 Å². The molecule has 0 saturated heterocycles. The number of aryl methyl sites for hydroxylation is 1. The summed E-state index contributed by atoms with van der Waals surface area (Å²) >= 11 is 4.06. The minimum absolute atomic E-state index is 0.118. The summed E-state index contributed by atoms with van der Waals surface area (Å²) < 4.78 is 0. The van der Waals surface area contributed by atoms with E-state index in [1.54, 1.807) is 13.8 Å². The maximum Gasteiger partial charge on any atom is 0.326 e. The first kappa shape index (κ1) is 29.2. The number of aliphatic carboxylic acids is 1. The van der Waals surface area contributed by atoms with Gasteiger partial charge in [-0.25, -0.2) is 4.79 Å². The molecule has 1 aliphatic heterocycles. The van der Waals surface area contributed by atoms with Crippen LogP contribution in [0.15, 0.2) is 54.6 Å². The van der Waals surface area contributed by atoms with Crippen molar-refractivity contribution in [3.63, 3.8) is 0 Å². The smallest absolute Gasteiger partial charge is 0.326 e. The standard InChI is InChI=1S/C28H36N4O5S/c1-17(2)24(31-25(33)21(29)16-38)27(35)32-15-20-11-7-6-10-19(20)14-23(32)26(34)30-22(28(36)37)13-12-18-8-4-3-5-9-18/h3-11,17,21-24,38H,12-16,29H2,1-2H3,(H,30,34)(H,31,33)(H,36,37)/t21-,22+,23?,24-/m0/s1. The van der Waals surface area contributed by atoms with E-state index in [0.717, 1.165) is 16.7 Å². The van der Waals surface area contributed by atoms with E-state index in [4.69, 9.17) is 5.73 Å². The summed E-state index contributed by atoms with van der Waals surface area (Å²) in [6.07, 6.45) is 0.906. The summed E-state index contributed by atoms with van der Waals surface area (Å²) in [5, 5.41) is 15.2. The Balaban J connectivity index is 1.84. The van der Waals surface area contributed by atoms with Gasteiger partial charge in [0.15, 0.2) is 0 Å². The normalized spacial score (nSPS) is 17.2. The molecule has 10 heteroatoms. The number of nitrogens with two attached hydrogens (primary N) is 1. The summed E-state index contributed by atoms with van der Waals surface area (Å²) in [4.78, 5) is 53.3. The fraction of sp³-hybridized carbons (Fsp3) is 0.429. The van der Waals surface area contributed by atoms with E-state index in [1.165, 1.54) is 4.90 Å². The van der Waals surface area contributed by atoms with Crippen molar-refractivity contribution in [1.82, 2.24) is 15.5 Å². The quantitative estimate of drug-likeness (QED) is 0.274. The van der Waals surface area contributed by atoms with E-state index in [9.17, 15) is 24.3 Å². The SMILES string of the molecule is CC(C)[C@H](NC(=O)[C@@H](N)CS)C(=O)N1Cc2ccccc2CC1C(=O)N[C@H](CCc1ccccc1)C(=O)O. The highest BCUT2D eigenvalue weighted by Crippen LogP contribution is 2.25. The minimum atomic E-state index is -1.14. The maximum atomic E-state index is 13.8. The van der Waals surface area contributed by atoms with Gasteiger partial charge in [-0.3, -0.25) is 14.4 Å². The van der Waals surface area contributed by atoms with Crippen LogP contribution in [-0.2, 0) is 38.6 Å². The Kier molecular flexibility index (Phi) is 10.3. The third-order valence-electron chi connectivity index (χ3n) is 6.78. The van der Waals surface area contributed by atoms with Gasteiger partial charge in [-0.05, 0) is 35.4 Å². The molecule has 0 fully saturated rings. The summed E-state index contributed by atoms with van der Waals surface area (Å²) in [5.41, 5.74) is 8.57. The molecule has 2 aromatic carbocycles. The van der Waals surface area contributed by atoms with E-state index in [-0.39, 0.29) is 31.1 Å². The molecular formula is C28H36N4O5S. The molecule has 9 nitrogen and oxygen atoms in total. The molecule has 4 atom stereocenters. The van der Waals surface area contributed by atoms with Crippen molar-refractivity contribution in [2.45, 2.75) is 63.8 Å². The molecule has 3 amide bonds. The number of nitrogens with one attached hydrogen (secondary N) is 2. The average Bonchev–Trinajstić information content (AvgIpc) is 2.92. The van der Waals surface area contributed by atoms with Gasteiger partial charge >= 0.3 is 5.97 Å². The zero-order valence-electron chi connectivity index (χ0n) is 21.7. The summed E-state index contributed by atoms with van der Waals surface area (Å²) in [6, 6.07) is 13.1. The van der Waals surface area contributed by atoms with Crippen molar-refractivity contribution in [3.8, 4) is 0 Å². The van der Waals surface area contributed by atoms with Gasteiger partial charge < -0.3 is 26.4 Å². The molecule has 0 aromatic heterocycles. The fourth-order valence-corrected chi connectivity index (χ4v) is 4.67. The average molecular weight is 541 g/mol. The number of rotatable bonds is 11. The first-order valence-electron chi connectivity index (χ1n) is 12.7. The van der Waals surface area contributed by atoms with Crippen LogP contribution in [0.4, 0.5) is 0 Å². The van der Waals surface area contributed by atoms with Gasteiger partial charge in [-0.1, -0.05) is 68.4 Å². The number of nitrogens with zero attached hydrogens (tertiary/aromatic N) is 1. The van der Waals surface area contributed by atoms with Crippen LogP contribution in [0.5, 0.6) is 0 Å². The van der Waals surface area contributed by atoms with Gasteiger partial charge in [0.2, 0.25) is 17.7 Å². The van der Waals surface area contributed by atoms with Crippen molar-refractivity contribution in [3.05, 3.63) is 71.3 Å². The first-order valence-corrected chi connectivity index (χ1v) is 13.4. The van der Waals surface area contributed by atoms with Gasteiger partial charge in [-0.2, -0.15) is 12.6 Å². The van der Waals surface area contributed by atoms with E-state index >= 15 is 0 Å². The third kappa shape index (κ3) is 7.35. The summed E-state index contributed by atoms with van der Waals surface area (Å²) in [5.74, 6) is -2.78. The van der Waals surface area contributed by atoms with E-state index in [0.29, 0.717) is 6.42 Å². The van der Waals surface area contributed by atoms with Crippen LogP contribution < -0.4 is 16.4 Å². The highest BCUT2D eigenvalue weighted by atomic mass is 32.1. The molecule has 0 radical (unpaired) electrons. The Morgan fingerprint density at radius 1 is 1.03 bits per heavy atom. The number of carbonyl (C=O) groups is 4. The van der Waals surface area contributed by atoms with Gasteiger partial charge in [0.25, 0.3) is 0 Å². The van der Waals surface area contributed by atoms with Crippen molar-refractivity contribution >= 4 is 36.3 Å². The lowest BCUT2D eigenvalue weighted by Crippen LogP contribution is -2.61. The number of hydrogen-bond acceptors (Lipinski definition) is 6. The lowest BCUT2D eigenvalue weighted by Gasteiger charge is -2.39. The summed E-state index contributed by atoms with van der Waals surface area (Å²) in [6.45, 7) is 3.75. The summed E-state index contributed by atoms with van der Waals surface area (Å²) in [7, 11) is 0. The van der Waals surface area contributed by atoms with Crippen molar-refractivity contribution in [2.75, 3.05) is 5.75 Å². The minimum Gasteiger partial charge on any atom is -0.480 e. The van der Waals surface area contributed by atoms with E-state index < -0.39 is 47.9 Å². The van der Waals surface area contributed by atoms with Gasteiger partial charge in [0, 0.05) is 18.7 Å². The van der Waals surface area contributed by atoms with Crippen molar-refractivity contribution in [2.24, 2.45) is 11.7 Å². The van der Waals surface area contributed by atoms with Gasteiger partial charge in [0.05, 0.1) is 6.04 Å². The topological polar surface area (TPSA) is 142 Å². The Morgan fingerprint density at radius 2 is 1.66 bits per heavy atom. The molecule has 2 aromatic rings. The Bertz CT molecular complexity index is 1140. The molecule has 38 heavy (non-hydrogen) atoms. The zero-order valence-corrected chi connectivity index (χ0v) is 22.6. The molecule has 1 heterocycles. The van der Waals surface area contributed by atoms with Gasteiger partial charge in [0.1, 0.15) is 18.1 Å². The highest BCUT2D eigenvalue weighted by Gasteiger charge is 2.40. The molecule has 0 spiro atoms. The Labute approximate surface area is 228 Å². The predicted octanol–water partition coefficient (Wildman–Crippen LogP) is 1.54. The molecule has 1 aliphatic rings. The Hall–Kier alpha value is -3.37. The number of thiol groups is 1. The van der Waals surface area contributed by atoms with Crippen molar-refractivity contribution in [1.29, 1.82) is 0 Å². The van der Waals surface area contributed by atoms with Crippen LogP contribution >= 0.6 is 12.6 Å². The number of fused-ring (bicyclic) bond motifs is 1. The molecule has 0 bridgehead atoms. The highest BCUT2D eigenvalue weighted by molar-refractivity contribution is 7.80. The lowest BCUT2D eigenvalue weighted by molar-refractivity contribution is -0.147. The zero-order chi connectivity index (χ0) is 27.8. The number of benzene rings is 2. The molecule has 0 aliphatic carbocycles. The predicted molar refractivity (Wildman–Crippen MR) is 147 cm³/mol. The number of carboxylic acids is 1. The second kappa shape index (κ2) is 13.4. The molecular weight excluding hydrogens is 504 g/mol. The van der Waals surface area contributed by atoms with Crippen molar-refractivity contribution < 1.29 is 24.3 Å². The monoisotopic (exact) mass is 540 g/mol. The van der Waals surface area contributed by atoms with Crippen LogP contribution in [0.2, 0.25) is 0 Å². The molecule has 1 unspecified atom stereocenters.